The topological polar surface area (TPSA) is 77.7 Å². The van der Waals surface area contributed by atoms with Crippen molar-refractivity contribution in [2.24, 2.45) is 0 Å². The van der Waals surface area contributed by atoms with E-state index in [-0.39, 0.29) is 11.8 Å². The van der Waals surface area contributed by atoms with Gasteiger partial charge in [-0.2, -0.15) is 10.4 Å². The first kappa shape index (κ1) is 16.1. The highest BCUT2D eigenvalue weighted by atomic mass is 16.2. The Morgan fingerprint density at radius 2 is 2.15 bits per heavy atom. The van der Waals surface area contributed by atoms with E-state index in [1.165, 1.54) is 10.9 Å². The number of aromatic amines is 1. The summed E-state index contributed by atoms with van der Waals surface area (Å²) in [5.74, 6) is 0.0849. The van der Waals surface area contributed by atoms with Crippen molar-refractivity contribution in [1.29, 1.82) is 5.26 Å². The molecule has 1 aliphatic carbocycles. The number of aromatic nitrogens is 3. The number of hydrogen-bond donors (Lipinski definition) is 1. The van der Waals surface area contributed by atoms with Gasteiger partial charge in [0.1, 0.15) is 6.07 Å². The number of para-hydroxylation sites is 1. The van der Waals surface area contributed by atoms with E-state index in [1.807, 2.05) is 15.6 Å². The molecule has 5 rings (SSSR count). The average Bonchev–Trinajstić information content (AvgIpc) is 3.21. The first-order chi connectivity index (χ1) is 13.2. The minimum atomic E-state index is -0.106. The summed E-state index contributed by atoms with van der Waals surface area (Å²) in [5, 5.41) is 14.7. The van der Waals surface area contributed by atoms with E-state index in [0.29, 0.717) is 12.2 Å². The third-order valence-corrected chi connectivity index (χ3v) is 5.85. The number of fused-ring (bicyclic) bond motifs is 4. The van der Waals surface area contributed by atoms with Gasteiger partial charge in [-0.05, 0) is 43.4 Å². The molecule has 1 amide bonds. The Labute approximate surface area is 157 Å². The number of carbonyl (C=O) groups excluding carboxylic acids is 1. The van der Waals surface area contributed by atoms with Crippen molar-refractivity contribution in [3.8, 4) is 6.07 Å². The molecule has 3 heterocycles. The van der Waals surface area contributed by atoms with Crippen molar-refractivity contribution < 1.29 is 4.79 Å². The third kappa shape index (κ3) is 2.62. The third-order valence-electron chi connectivity index (χ3n) is 5.85. The van der Waals surface area contributed by atoms with Crippen molar-refractivity contribution in [3.63, 3.8) is 0 Å². The first-order valence-electron chi connectivity index (χ1n) is 9.59. The Hall–Kier alpha value is -3.07. The van der Waals surface area contributed by atoms with Crippen molar-refractivity contribution in [2.75, 3.05) is 6.54 Å². The number of aryl methyl sites for hydroxylation is 2. The molecule has 0 fully saturated rings. The van der Waals surface area contributed by atoms with Gasteiger partial charge in [0.2, 0.25) is 5.91 Å². The van der Waals surface area contributed by atoms with Crippen LogP contribution in [0.3, 0.4) is 0 Å². The number of nitrogens with one attached hydrogen (secondary N) is 1. The molecule has 3 aromatic rings. The minimum absolute atomic E-state index is 0.106. The summed E-state index contributed by atoms with van der Waals surface area (Å²) >= 11 is 0. The lowest BCUT2D eigenvalue weighted by Crippen LogP contribution is -2.36. The van der Waals surface area contributed by atoms with Gasteiger partial charge in [-0.1, -0.05) is 18.2 Å². The van der Waals surface area contributed by atoms with E-state index >= 15 is 0 Å². The number of H-pyrrole nitrogens is 1. The van der Waals surface area contributed by atoms with Gasteiger partial charge in [-0.3, -0.25) is 9.48 Å². The van der Waals surface area contributed by atoms with E-state index in [0.717, 1.165) is 55.7 Å². The highest BCUT2D eigenvalue weighted by Gasteiger charge is 2.33. The van der Waals surface area contributed by atoms with Gasteiger partial charge in [0, 0.05) is 29.7 Å². The maximum absolute atomic E-state index is 13.4. The number of rotatable bonds is 1. The number of hydrogen-bond acceptors (Lipinski definition) is 3. The molecule has 0 radical (unpaired) electrons. The maximum Gasteiger partial charge on any atom is 0.231 e. The van der Waals surface area contributed by atoms with Crippen molar-refractivity contribution >= 4 is 16.8 Å². The molecular weight excluding hydrogens is 338 g/mol. The predicted molar refractivity (Wildman–Crippen MR) is 101 cm³/mol. The Kier molecular flexibility index (Phi) is 3.75. The number of nitrogens with zero attached hydrogens (tertiary/aromatic N) is 4. The van der Waals surface area contributed by atoms with Gasteiger partial charge in [0.05, 0.1) is 18.2 Å². The van der Waals surface area contributed by atoms with E-state index in [1.54, 1.807) is 6.07 Å². The lowest BCUT2D eigenvalue weighted by atomic mass is 9.85. The zero-order valence-corrected chi connectivity index (χ0v) is 15.1. The van der Waals surface area contributed by atoms with Crippen LogP contribution in [0.5, 0.6) is 0 Å². The van der Waals surface area contributed by atoms with Crippen LogP contribution in [0, 0.1) is 11.3 Å². The molecule has 1 aliphatic heterocycles. The Bertz CT molecular complexity index is 1070. The number of amides is 1. The Morgan fingerprint density at radius 3 is 3.04 bits per heavy atom. The summed E-state index contributed by atoms with van der Waals surface area (Å²) in [5.41, 5.74) is 4.90. The van der Waals surface area contributed by atoms with Gasteiger partial charge in [-0.25, -0.2) is 0 Å². The lowest BCUT2D eigenvalue weighted by molar-refractivity contribution is -0.133. The van der Waals surface area contributed by atoms with Gasteiger partial charge >= 0.3 is 0 Å². The minimum Gasteiger partial charge on any atom is -0.357 e. The second kappa shape index (κ2) is 6.27. The highest BCUT2D eigenvalue weighted by molar-refractivity contribution is 5.90. The van der Waals surface area contributed by atoms with Crippen LogP contribution in [-0.4, -0.2) is 32.1 Å². The first-order valence-corrected chi connectivity index (χ1v) is 9.59. The van der Waals surface area contributed by atoms with E-state index in [4.69, 9.17) is 5.26 Å². The molecule has 0 unspecified atom stereocenters. The molecule has 27 heavy (non-hydrogen) atoms. The van der Waals surface area contributed by atoms with Crippen LogP contribution in [-0.2, 0) is 24.3 Å². The van der Waals surface area contributed by atoms with Crippen molar-refractivity contribution in [1.82, 2.24) is 19.7 Å². The van der Waals surface area contributed by atoms with Crippen LogP contribution >= 0.6 is 0 Å². The maximum atomic E-state index is 13.4. The van der Waals surface area contributed by atoms with E-state index in [2.05, 4.69) is 34.4 Å². The summed E-state index contributed by atoms with van der Waals surface area (Å²) in [6, 6.07) is 12.2. The number of carbonyl (C=O) groups is 1. The summed E-state index contributed by atoms with van der Waals surface area (Å²) in [4.78, 5) is 18.9. The summed E-state index contributed by atoms with van der Waals surface area (Å²) in [6.07, 6.45) is 3.81. The highest BCUT2D eigenvalue weighted by Crippen LogP contribution is 2.37. The molecule has 0 spiro atoms. The van der Waals surface area contributed by atoms with Crippen LogP contribution in [0.2, 0.25) is 0 Å². The standard InChI is InChI=1S/C21H21N5O/c22-12-14-11-15-13-25(9-4-10-26(15)24-14)21(27)18-7-3-6-17-16-5-1-2-8-19(16)23-20(17)18/h1-2,5,8,11,18,23H,3-4,6-7,9-10,13H2/t18-/m0/s1. The smallest absolute Gasteiger partial charge is 0.231 e. The van der Waals surface area contributed by atoms with Crippen molar-refractivity contribution in [2.45, 2.75) is 44.7 Å². The molecule has 6 nitrogen and oxygen atoms in total. The molecule has 0 saturated heterocycles. The van der Waals surface area contributed by atoms with Crippen LogP contribution < -0.4 is 0 Å². The van der Waals surface area contributed by atoms with Gasteiger partial charge < -0.3 is 9.88 Å². The molecule has 1 N–H and O–H groups in total. The van der Waals surface area contributed by atoms with Crippen LogP contribution in [0.4, 0.5) is 0 Å². The second-order valence-electron chi connectivity index (χ2n) is 7.48. The summed E-state index contributed by atoms with van der Waals surface area (Å²) < 4.78 is 1.88. The monoisotopic (exact) mass is 359 g/mol. The fraction of sp³-hybridized carbons (Fsp3) is 0.381. The fourth-order valence-corrected chi connectivity index (χ4v) is 4.59. The Balaban J connectivity index is 1.47. The SMILES string of the molecule is N#Cc1cc2n(n1)CCCN(C(=O)[C@H]1CCCc3c1[nH]c1ccccc31)C2. The second-order valence-corrected chi connectivity index (χ2v) is 7.48. The fourth-order valence-electron chi connectivity index (χ4n) is 4.59. The van der Waals surface area contributed by atoms with E-state index < -0.39 is 0 Å². The predicted octanol–water partition coefficient (Wildman–Crippen LogP) is 3.09. The quantitative estimate of drug-likeness (QED) is 0.725. The molecule has 2 aromatic heterocycles. The average molecular weight is 359 g/mol. The molecule has 1 aromatic carbocycles. The van der Waals surface area contributed by atoms with Gasteiger partial charge in [0.15, 0.2) is 5.69 Å². The van der Waals surface area contributed by atoms with Crippen molar-refractivity contribution in [3.05, 3.63) is 53.0 Å². The molecular formula is C21H21N5O. The largest absolute Gasteiger partial charge is 0.357 e. The van der Waals surface area contributed by atoms with Gasteiger partial charge in [-0.15, -0.1) is 0 Å². The zero-order chi connectivity index (χ0) is 18.4. The molecule has 0 bridgehead atoms. The van der Waals surface area contributed by atoms with Crippen LogP contribution in [0.25, 0.3) is 10.9 Å². The van der Waals surface area contributed by atoms with Gasteiger partial charge in [0.25, 0.3) is 0 Å². The van der Waals surface area contributed by atoms with E-state index in [9.17, 15) is 4.79 Å². The molecule has 0 saturated carbocycles. The van der Waals surface area contributed by atoms with Crippen LogP contribution in [0.15, 0.2) is 30.3 Å². The molecule has 136 valence electrons. The zero-order valence-electron chi connectivity index (χ0n) is 15.1. The summed E-state index contributed by atoms with van der Waals surface area (Å²) in [7, 11) is 0. The lowest BCUT2D eigenvalue weighted by Gasteiger charge is -2.28. The summed E-state index contributed by atoms with van der Waals surface area (Å²) in [6.45, 7) is 2.01. The molecule has 6 heteroatoms. The molecule has 1 atom stereocenters. The normalized spacial score (nSPS) is 19.2. The molecule has 2 aliphatic rings. The number of nitriles is 1. The number of benzene rings is 1. The van der Waals surface area contributed by atoms with Crippen LogP contribution in [0.1, 0.15) is 47.8 Å². The Morgan fingerprint density at radius 1 is 1.26 bits per heavy atom.